The smallest absolute Gasteiger partial charge is 0.0982 e. The van der Waals surface area contributed by atoms with E-state index in [1.807, 2.05) is 20.8 Å². The summed E-state index contributed by atoms with van der Waals surface area (Å²) in [5.41, 5.74) is 1.82. The molecule has 66 valence electrons. The summed E-state index contributed by atoms with van der Waals surface area (Å²) in [4.78, 5) is 8.35. The zero-order valence-corrected chi connectivity index (χ0v) is 7.74. The highest BCUT2D eigenvalue weighted by molar-refractivity contribution is 5.02. The van der Waals surface area contributed by atoms with Crippen LogP contribution in [0, 0.1) is 6.92 Å². The Morgan fingerprint density at radius 3 is 2.67 bits per heavy atom. The molecular weight excluding hydrogens is 152 g/mol. The lowest BCUT2D eigenvalue weighted by molar-refractivity contribution is 0.0731. The lowest BCUT2D eigenvalue weighted by atomic mass is 10.3. The Morgan fingerprint density at radius 1 is 1.42 bits per heavy atom. The van der Waals surface area contributed by atoms with Crippen LogP contribution in [0.2, 0.25) is 0 Å². The van der Waals surface area contributed by atoms with Crippen LogP contribution in [-0.4, -0.2) is 16.6 Å². The molecule has 3 nitrogen and oxygen atoms in total. The van der Waals surface area contributed by atoms with Crippen LogP contribution in [-0.2, 0) is 4.74 Å². The third-order valence-corrected chi connectivity index (χ3v) is 1.63. The molecule has 0 aromatic carbocycles. The molecule has 0 N–H and O–H groups in total. The molecule has 1 rings (SSSR count). The van der Waals surface area contributed by atoms with E-state index in [1.54, 1.807) is 12.4 Å². The van der Waals surface area contributed by atoms with E-state index in [9.17, 15) is 0 Å². The molecule has 0 fully saturated rings. The Hall–Kier alpha value is -0.960. The number of nitrogens with zero attached hydrogens (tertiary/aromatic N) is 2. The minimum absolute atomic E-state index is 0.0445. The molecule has 1 atom stereocenters. The number of hydrogen-bond donors (Lipinski definition) is 0. The Labute approximate surface area is 72.8 Å². The maximum atomic E-state index is 5.37. The third-order valence-electron chi connectivity index (χ3n) is 1.63. The van der Waals surface area contributed by atoms with Crippen molar-refractivity contribution in [2.24, 2.45) is 0 Å². The largest absolute Gasteiger partial charge is 0.372 e. The Bertz CT molecular complexity index is 233. The SMILES string of the molecule is CCOC(C)c1cnc(C)cn1. The van der Waals surface area contributed by atoms with Gasteiger partial charge in [0.2, 0.25) is 0 Å². The first-order chi connectivity index (χ1) is 5.74. The molecule has 1 aromatic rings. The summed E-state index contributed by atoms with van der Waals surface area (Å²) in [5.74, 6) is 0. The van der Waals surface area contributed by atoms with E-state index in [0.29, 0.717) is 6.61 Å². The summed E-state index contributed by atoms with van der Waals surface area (Å²) in [5, 5.41) is 0. The average molecular weight is 166 g/mol. The lowest BCUT2D eigenvalue weighted by Crippen LogP contribution is -2.02. The first-order valence-corrected chi connectivity index (χ1v) is 4.14. The van der Waals surface area contributed by atoms with Crippen LogP contribution in [0.1, 0.15) is 31.3 Å². The molecule has 0 spiro atoms. The van der Waals surface area contributed by atoms with E-state index in [-0.39, 0.29) is 6.10 Å². The molecule has 0 aliphatic carbocycles. The first-order valence-electron chi connectivity index (χ1n) is 4.14. The molecule has 1 unspecified atom stereocenters. The van der Waals surface area contributed by atoms with Gasteiger partial charge in [-0.3, -0.25) is 9.97 Å². The topological polar surface area (TPSA) is 35.0 Å². The monoisotopic (exact) mass is 166 g/mol. The van der Waals surface area contributed by atoms with Gasteiger partial charge >= 0.3 is 0 Å². The second-order valence-corrected chi connectivity index (χ2v) is 2.68. The summed E-state index contributed by atoms with van der Waals surface area (Å²) >= 11 is 0. The standard InChI is InChI=1S/C9H14N2O/c1-4-12-8(3)9-6-10-7(2)5-11-9/h5-6,8H,4H2,1-3H3. The van der Waals surface area contributed by atoms with Crippen molar-refractivity contribution >= 4 is 0 Å². The van der Waals surface area contributed by atoms with Crippen LogP contribution in [0.25, 0.3) is 0 Å². The van der Waals surface area contributed by atoms with Gasteiger partial charge in [-0.1, -0.05) is 0 Å². The van der Waals surface area contributed by atoms with Crippen LogP contribution < -0.4 is 0 Å². The fraction of sp³-hybridized carbons (Fsp3) is 0.556. The van der Waals surface area contributed by atoms with E-state index in [4.69, 9.17) is 4.74 Å². The molecule has 1 aromatic heterocycles. The van der Waals surface area contributed by atoms with Crippen molar-refractivity contribution < 1.29 is 4.74 Å². The van der Waals surface area contributed by atoms with Gasteiger partial charge in [-0.2, -0.15) is 0 Å². The van der Waals surface area contributed by atoms with Crippen LogP contribution in [0.4, 0.5) is 0 Å². The molecule has 0 saturated carbocycles. The number of aryl methyl sites for hydroxylation is 1. The van der Waals surface area contributed by atoms with Crippen LogP contribution in [0.3, 0.4) is 0 Å². The fourth-order valence-corrected chi connectivity index (χ4v) is 0.948. The second kappa shape index (κ2) is 4.16. The summed E-state index contributed by atoms with van der Waals surface area (Å²) < 4.78 is 5.37. The highest BCUT2D eigenvalue weighted by Crippen LogP contribution is 2.11. The Kier molecular flexibility index (Phi) is 3.17. The van der Waals surface area contributed by atoms with Gasteiger partial charge in [0.25, 0.3) is 0 Å². The molecule has 3 heteroatoms. The molecule has 0 aliphatic rings. The predicted molar refractivity (Wildman–Crippen MR) is 46.8 cm³/mol. The van der Waals surface area contributed by atoms with Crippen LogP contribution in [0.5, 0.6) is 0 Å². The van der Waals surface area contributed by atoms with Gasteiger partial charge in [0.05, 0.1) is 23.7 Å². The summed E-state index contributed by atoms with van der Waals surface area (Å²) in [6, 6.07) is 0. The summed E-state index contributed by atoms with van der Waals surface area (Å²) in [7, 11) is 0. The molecular formula is C9H14N2O. The normalized spacial score (nSPS) is 12.9. The zero-order valence-electron chi connectivity index (χ0n) is 7.74. The minimum atomic E-state index is 0.0445. The van der Waals surface area contributed by atoms with Crippen molar-refractivity contribution in [3.8, 4) is 0 Å². The van der Waals surface area contributed by atoms with Crippen LogP contribution in [0.15, 0.2) is 12.4 Å². The molecule has 0 bridgehead atoms. The Balaban J connectivity index is 2.68. The minimum Gasteiger partial charge on any atom is -0.372 e. The first kappa shape index (κ1) is 9.13. The van der Waals surface area contributed by atoms with Crippen molar-refractivity contribution in [2.75, 3.05) is 6.61 Å². The maximum Gasteiger partial charge on any atom is 0.0982 e. The van der Waals surface area contributed by atoms with Crippen molar-refractivity contribution in [3.05, 3.63) is 23.8 Å². The van der Waals surface area contributed by atoms with Gasteiger partial charge in [0, 0.05) is 12.8 Å². The highest BCUT2D eigenvalue weighted by atomic mass is 16.5. The highest BCUT2D eigenvalue weighted by Gasteiger charge is 2.05. The Morgan fingerprint density at radius 2 is 2.17 bits per heavy atom. The van der Waals surface area contributed by atoms with E-state index in [2.05, 4.69) is 9.97 Å². The van der Waals surface area contributed by atoms with Crippen molar-refractivity contribution in [2.45, 2.75) is 26.9 Å². The number of aromatic nitrogens is 2. The van der Waals surface area contributed by atoms with Gasteiger partial charge in [-0.25, -0.2) is 0 Å². The fourth-order valence-electron chi connectivity index (χ4n) is 0.948. The maximum absolute atomic E-state index is 5.37. The van der Waals surface area contributed by atoms with Gasteiger partial charge in [0.15, 0.2) is 0 Å². The average Bonchev–Trinajstić information content (AvgIpc) is 2.06. The zero-order chi connectivity index (χ0) is 8.97. The summed E-state index contributed by atoms with van der Waals surface area (Å²) in [6.45, 7) is 6.57. The van der Waals surface area contributed by atoms with Gasteiger partial charge in [0.1, 0.15) is 0 Å². The number of ether oxygens (including phenoxy) is 1. The van der Waals surface area contributed by atoms with Crippen molar-refractivity contribution in [1.29, 1.82) is 0 Å². The van der Waals surface area contributed by atoms with E-state index < -0.39 is 0 Å². The predicted octanol–water partition coefficient (Wildman–Crippen LogP) is 1.88. The lowest BCUT2D eigenvalue weighted by Gasteiger charge is -2.09. The van der Waals surface area contributed by atoms with Crippen molar-refractivity contribution in [1.82, 2.24) is 9.97 Å². The second-order valence-electron chi connectivity index (χ2n) is 2.68. The molecule has 1 heterocycles. The van der Waals surface area contributed by atoms with E-state index in [1.165, 1.54) is 0 Å². The van der Waals surface area contributed by atoms with E-state index in [0.717, 1.165) is 11.4 Å². The number of rotatable bonds is 3. The molecule has 0 radical (unpaired) electrons. The van der Waals surface area contributed by atoms with Gasteiger partial charge in [-0.05, 0) is 20.8 Å². The quantitative estimate of drug-likeness (QED) is 0.687. The van der Waals surface area contributed by atoms with Gasteiger partial charge in [-0.15, -0.1) is 0 Å². The van der Waals surface area contributed by atoms with Crippen molar-refractivity contribution in [3.63, 3.8) is 0 Å². The number of hydrogen-bond acceptors (Lipinski definition) is 3. The molecule has 0 saturated heterocycles. The molecule has 12 heavy (non-hydrogen) atoms. The molecule has 0 aliphatic heterocycles. The van der Waals surface area contributed by atoms with Gasteiger partial charge < -0.3 is 4.74 Å². The summed E-state index contributed by atoms with van der Waals surface area (Å²) in [6.07, 6.45) is 3.56. The van der Waals surface area contributed by atoms with E-state index >= 15 is 0 Å². The third kappa shape index (κ3) is 2.27. The molecule has 0 amide bonds. The van der Waals surface area contributed by atoms with Crippen LogP contribution >= 0.6 is 0 Å².